The molecular weight excluding hydrogens is 158 g/mol. The van der Waals surface area contributed by atoms with Gasteiger partial charge in [-0.1, -0.05) is 41.5 Å². The van der Waals surface area contributed by atoms with Crippen molar-refractivity contribution in [2.24, 2.45) is 16.8 Å². The summed E-state index contributed by atoms with van der Waals surface area (Å²) in [5.41, 5.74) is 1.43. The van der Waals surface area contributed by atoms with Crippen molar-refractivity contribution < 1.29 is 0 Å². The van der Waals surface area contributed by atoms with Crippen LogP contribution in [0, 0.1) is 11.8 Å². The van der Waals surface area contributed by atoms with E-state index in [1.54, 1.807) is 0 Å². The van der Waals surface area contributed by atoms with Crippen LogP contribution in [0.2, 0.25) is 0 Å². The van der Waals surface area contributed by atoms with Crippen molar-refractivity contribution in [2.45, 2.75) is 60.4 Å². The molecule has 0 aliphatic carbocycles. The molecule has 1 atom stereocenters. The number of aliphatic imine (C=N–C) groups is 1. The summed E-state index contributed by atoms with van der Waals surface area (Å²) in [6, 6.07) is 0.618. The van der Waals surface area contributed by atoms with Crippen molar-refractivity contribution >= 4 is 5.71 Å². The first-order valence-corrected chi connectivity index (χ1v) is 5.68. The molecular formula is C12H25N. The topological polar surface area (TPSA) is 12.4 Å². The quantitative estimate of drug-likeness (QED) is 0.615. The van der Waals surface area contributed by atoms with Crippen LogP contribution in [0.4, 0.5) is 0 Å². The van der Waals surface area contributed by atoms with E-state index in [-0.39, 0.29) is 0 Å². The van der Waals surface area contributed by atoms with Gasteiger partial charge in [0, 0.05) is 5.71 Å². The maximum Gasteiger partial charge on any atom is 0.0525 e. The Balaban J connectivity index is 0.000000671. The summed E-state index contributed by atoms with van der Waals surface area (Å²) < 4.78 is 0. The molecule has 1 heterocycles. The fourth-order valence-corrected chi connectivity index (χ4v) is 1.56. The highest BCUT2D eigenvalue weighted by molar-refractivity contribution is 5.87. The van der Waals surface area contributed by atoms with Gasteiger partial charge in [0.25, 0.3) is 0 Å². The van der Waals surface area contributed by atoms with Crippen molar-refractivity contribution in [3.63, 3.8) is 0 Å². The molecule has 0 aromatic carbocycles. The lowest BCUT2D eigenvalue weighted by atomic mass is 10.0. The summed E-state index contributed by atoms with van der Waals surface area (Å²) >= 11 is 0. The van der Waals surface area contributed by atoms with Gasteiger partial charge >= 0.3 is 0 Å². The van der Waals surface area contributed by atoms with Gasteiger partial charge in [-0.2, -0.15) is 0 Å². The van der Waals surface area contributed by atoms with Crippen LogP contribution in [-0.2, 0) is 0 Å². The second kappa shape index (κ2) is 6.17. The van der Waals surface area contributed by atoms with E-state index in [2.05, 4.69) is 27.7 Å². The number of hydrogen-bond acceptors (Lipinski definition) is 1. The minimum absolute atomic E-state index is 0.618. The molecule has 1 heteroatoms. The molecule has 78 valence electrons. The van der Waals surface area contributed by atoms with Gasteiger partial charge in [-0.15, -0.1) is 0 Å². The summed E-state index contributed by atoms with van der Waals surface area (Å²) in [5.74, 6) is 1.39. The fraction of sp³-hybridized carbons (Fsp3) is 0.917. The highest BCUT2D eigenvalue weighted by Gasteiger charge is 2.21. The second-order valence-electron chi connectivity index (χ2n) is 4.13. The van der Waals surface area contributed by atoms with Gasteiger partial charge in [0.05, 0.1) is 6.04 Å². The Morgan fingerprint density at radius 1 is 1.15 bits per heavy atom. The molecule has 0 bridgehead atoms. The van der Waals surface area contributed by atoms with Crippen molar-refractivity contribution in [3.8, 4) is 0 Å². The first-order chi connectivity index (χ1) is 6.11. The smallest absolute Gasteiger partial charge is 0.0525 e. The van der Waals surface area contributed by atoms with Gasteiger partial charge < -0.3 is 0 Å². The lowest BCUT2D eigenvalue weighted by Gasteiger charge is -2.09. The van der Waals surface area contributed by atoms with Gasteiger partial charge in [0.1, 0.15) is 0 Å². The van der Waals surface area contributed by atoms with Crippen LogP contribution in [0.1, 0.15) is 54.4 Å². The third-order valence-electron chi connectivity index (χ3n) is 2.46. The Kier molecular flexibility index (Phi) is 6.02. The van der Waals surface area contributed by atoms with Crippen LogP contribution in [0.3, 0.4) is 0 Å². The molecule has 0 amide bonds. The molecule has 0 saturated carbocycles. The van der Waals surface area contributed by atoms with E-state index in [9.17, 15) is 0 Å². The molecule has 0 fully saturated rings. The van der Waals surface area contributed by atoms with Gasteiger partial charge in [-0.25, -0.2) is 0 Å². The normalized spacial score (nSPS) is 21.5. The third-order valence-corrected chi connectivity index (χ3v) is 2.46. The molecule has 0 radical (unpaired) electrons. The minimum Gasteiger partial charge on any atom is -0.290 e. The first kappa shape index (κ1) is 12.7. The van der Waals surface area contributed by atoms with Crippen molar-refractivity contribution in [3.05, 3.63) is 0 Å². The van der Waals surface area contributed by atoms with E-state index in [1.165, 1.54) is 18.6 Å². The molecule has 1 rings (SSSR count). The van der Waals surface area contributed by atoms with E-state index in [0.29, 0.717) is 12.0 Å². The molecule has 1 aliphatic heterocycles. The number of rotatable bonds is 2. The Labute approximate surface area is 83.6 Å². The Bertz CT molecular complexity index is 157. The van der Waals surface area contributed by atoms with Gasteiger partial charge in [-0.3, -0.25) is 4.99 Å². The number of nitrogens with zero attached hydrogens (tertiary/aromatic N) is 1. The average Bonchev–Trinajstić information content (AvgIpc) is 2.56. The molecule has 1 nitrogen and oxygen atoms in total. The molecule has 1 aliphatic rings. The Morgan fingerprint density at radius 2 is 1.69 bits per heavy atom. The lowest BCUT2D eigenvalue weighted by molar-refractivity contribution is 0.494. The van der Waals surface area contributed by atoms with E-state index in [0.717, 1.165) is 5.92 Å². The van der Waals surface area contributed by atoms with Gasteiger partial charge in [-0.05, 0) is 24.7 Å². The molecule has 1 unspecified atom stereocenters. The standard InChI is InChI=1S/C10H19N.C2H6/c1-7(2)9-5-6-10(11-9)8(3)4;1-2/h7-9H,5-6H2,1-4H3;1-2H3. The largest absolute Gasteiger partial charge is 0.290 e. The maximum atomic E-state index is 4.70. The summed E-state index contributed by atoms with van der Waals surface area (Å²) in [5, 5.41) is 0. The predicted octanol–water partition coefficient (Wildman–Crippen LogP) is 3.93. The Hall–Kier alpha value is -0.330. The van der Waals surface area contributed by atoms with E-state index < -0.39 is 0 Å². The first-order valence-electron chi connectivity index (χ1n) is 5.68. The summed E-state index contributed by atoms with van der Waals surface area (Å²) in [4.78, 5) is 4.70. The lowest BCUT2D eigenvalue weighted by Crippen LogP contribution is -2.08. The van der Waals surface area contributed by atoms with Crippen LogP contribution in [0.25, 0.3) is 0 Å². The molecule has 0 spiro atoms. The van der Waals surface area contributed by atoms with Gasteiger partial charge in [0.2, 0.25) is 0 Å². The molecule has 0 aromatic heterocycles. The van der Waals surface area contributed by atoms with Crippen LogP contribution in [-0.4, -0.2) is 11.8 Å². The van der Waals surface area contributed by atoms with E-state index in [1.807, 2.05) is 13.8 Å². The highest BCUT2D eigenvalue weighted by atomic mass is 14.8. The zero-order valence-corrected chi connectivity index (χ0v) is 10.1. The molecule has 13 heavy (non-hydrogen) atoms. The molecule has 0 N–H and O–H groups in total. The van der Waals surface area contributed by atoms with Crippen LogP contribution >= 0.6 is 0 Å². The minimum atomic E-state index is 0.618. The summed E-state index contributed by atoms with van der Waals surface area (Å²) in [6.45, 7) is 13.0. The van der Waals surface area contributed by atoms with Crippen LogP contribution in [0.15, 0.2) is 4.99 Å². The average molecular weight is 183 g/mol. The predicted molar refractivity (Wildman–Crippen MR) is 61.5 cm³/mol. The summed E-state index contributed by atoms with van der Waals surface area (Å²) in [7, 11) is 0. The van der Waals surface area contributed by atoms with Crippen LogP contribution < -0.4 is 0 Å². The molecule has 0 aromatic rings. The zero-order chi connectivity index (χ0) is 10.4. The summed E-state index contributed by atoms with van der Waals surface area (Å²) in [6.07, 6.45) is 2.52. The third kappa shape index (κ3) is 3.93. The Morgan fingerprint density at radius 3 is 1.92 bits per heavy atom. The highest BCUT2D eigenvalue weighted by Crippen LogP contribution is 2.23. The number of hydrogen-bond donors (Lipinski definition) is 0. The second-order valence-corrected chi connectivity index (χ2v) is 4.13. The van der Waals surface area contributed by atoms with Crippen molar-refractivity contribution in [1.82, 2.24) is 0 Å². The van der Waals surface area contributed by atoms with Crippen molar-refractivity contribution in [1.29, 1.82) is 0 Å². The fourth-order valence-electron chi connectivity index (χ4n) is 1.56. The van der Waals surface area contributed by atoms with E-state index >= 15 is 0 Å². The SMILES string of the molecule is CC.CC(C)C1=NC(C(C)C)CC1. The van der Waals surface area contributed by atoms with Crippen molar-refractivity contribution in [2.75, 3.05) is 0 Å². The monoisotopic (exact) mass is 183 g/mol. The maximum absolute atomic E-state index is 4.70. The zero-order valence-electron chi connectivity index (χ0n) is 10.1. The molecule has 0 saturated heterocycles. The van der Waals surface area contributed by atoms with Crippen LogP contribution in [0.5, 0.6) is 0 Å². The van der Waals surface area contributed by atoms with E-state index in [4.69, 9.17) is 4.99 Å². The van der Waals surface area contributed by atoms with Gasteiger partial charge in [0.15, 0.2) is 0 Å².